The monoisotopic (exact) mass is 367 g/mol. The third-order valence-corrected chi connectivity index (χ3v) is 6.39. The third kappa shape index (κ3) is 4.93. The van der Waals surface area contributed by atoms with Crippen LogP contribution < -0.4 is 16.2 Å². The summed E-state index contributed by atoms with van der Waals surface area (Å²) in [4.78, 5) is 14.2. The highest BCUT2D eigenvalue weighted by Gasteiger charge is 2.27. The van der Waals surface area contributed by atoms with Gasteiger partial charge in [0, 0.05) is 10.9 Å². The Morgan fingerprint density at radius 3 is 2.79 bits per heavy atom. The van der Waals surface area contributed by atoms with Gasteiger partial charge in [-0.25, -0.2) is 0 Å². The van der Waals surface area contributed by atoms with Gasteiger partial charge in [-0.05, 0) is 55.4 Å². The molecule has 3 N–H and O–H groups in total. The molecule has 1 saturated carbocycles. The predicted molar refractivity (Wildman–Crippen MR) is 105 cm³/mol. The number of carbonyl (C=O) groups excluding carboxylic acids is 1. The lowest BCUT2D eigenvalue weighted by atomic mass is 9.78. The van der Waals surface area contributed by atoms with Gasteiger partial charge < -0.3 is 5.32 Å². The number of hydrogen-bond acceptors (Lipinski definition) is 3. The van der Waals surface area contributed by atoms with Crippen LogP contribution in [0.25, 0.3) is 0 Å². The molecule has 1 aromatic heterocycles. The normalized spacial score (nSPS) is 23.6. The molecule has 0 unspecified atom stereocenters. The van der Waals surface area contributed by atoms with Crippen LogP contribution in [0.15, 0.2) is 6.07 Å². The standard InChI is InChI=1S/C18H29N3OS2/c1-5-7-14-10-16(24-13(14)4)17(22)20-21-18(23)19-15-9-6-8-11(2)12(15)3/h10-12,15H,5-9H2,1-4H3,(H,20,22)(H2,19,21,23)/t11-,12+,15-/m1/s1. The van der Waals surface area contributed by atoms with Crippen molar-refractivity contribution in [3.8, 4) is 0 Å². The summed E-state index contributed by atoms with van der Waals surface area (Å²) in [5.74, 6) is 1.17. The average Bonchev–Trinajstić information content (AvgIpc) is 2.91. The number of hydrazine groups is 1. The Morgan fingerprint density at radius 2 is 2.08 bits per heavy atom. The van der Waals surface area contributed by atoms with E-state index in [1.807, 2.05) is 6.07 Å². The first kappa shape index (κ1) is 19.2. The third-order valence-electron chi connectivity index (χ3n) is 5.08. The van der Waals surface area contributed by atoms with Crippen molar-refractivity contribution in [3.63, 3.8) is 0 Å². The van der Waals surface area contributed by atoms with Gasteiger partial charge in [0.05, 0.1) is 4.88 Å². The van der Waals surface area contributed by atoms with Gasteiger partial charge in [0.1, 0.15) is 0 Å². The zero-order valence-corrected chi connectivity index (χ0v) is 16.7. The molecule has 0 radical (unpaired) electrons. The first-order chi connectivity index (χ1) is 11.4. The number of nitrogens with one attached hydrogen (secondary N) is 3. The molecule has 24 heavy (non-hydrogen) atoms. The average molecular weight is 368 g/mol. The smallest absolute Gasteiger partial charge is 0.279 e. The summed E-state index contributed by atoms with van der Waals surface area (Å²) in [7, 11) is 0. The van der Waals surface area contributed by atoms with Crippen LogP contribution in [0.2, 0.25) is 0 Å². The van der Waals surface area contributed by atoms with Crippen molar-refractivity contribution < 1.29 is 4.79 Å². The summed E-state index contributed by atoms with van der Waals surface area (Å²) in [6, 6.07) is 2.37. The molecule has 0 saturated heterocycles. The SMILES string of the molecule is CCCc1cc(C(=O)NNC(=S)N[C@@H]2CCC[C@@H](C)[C@@H]2C)sc1C. The van der Waals surface area contributed by atoms with Crippen molar-refractivity contribution in [2.45, 2.75) is 65.8 Å². The highest BCUT2D eigenvalue weighted by Crippen LogP contribution is 2.29. The van der Waals surface area contributed by atoms with Crippen LogP contribution in [-0.2, 0) is 6.42 Å². The lowest BCUT2D eigenvalue weighted by molar-refractivity contribution is 0.0947. The van der Waals surface area contributed by atoms with Crippen LogP contribution >= 0.6 is 23.6 Å². The Kier molecular flexibility index (Phi) is 7.04. The van der Waals surface area contributed by atoms with Crippen molar-refractivity contribution in [3.05, 3.63) is 21.4 Å². The molecular formula is C18H29N3OS2. The van der Waals surface area contributed by atoms with Crippen LogP contribution in [0.3, 0.4) is 0 Å². The zero-order valence-electron chi connectivity index (χ0n) is 15.1. The van der Waals surface area contributed by atoms with Crippen LogP contribution in [0.4, 0.5) is 0 Å². The molecule has 4 nitrogen and oxygen atoms in total. The minimum Gasteiger partial charge on any atom is -0.358 e. The number of amides is 1. The van der Waals surface area contributed by atoms with E-state index in [-0.39, 0.29) is 5.91 Å². The molecule has 1 heterocycles. The molecule has 1 fully saturated rings. The topological polar surface area (TPSA) is 53.2 Å². The van der Waals surface area contributed by atoms with Crippen molar-refractivity contribution in [1.29, 1.82) is 0 Å². The van der Waals surface area contributed by atoms with Gasteiger partial charge in [-0.3, -0.25) is 15.6 Å². The van der Waals surface area contributed by atoms with Crippen molar-refractivity contribution in [2.24, 2.45) is 11.8 Å². The first-order valence-electron chi connectivity index (χ1n) is 8.88. The zero-order chi connectivity index (χ0) is 17.7. The highest BCUT2D eigenvalue weighted by molar-refractivity contribution is 7.80. The number of thiocarbonyl (C=S) groups is 1. The lowest BCUT2D eigenvalue weighted by Crippen LogP contribution is -2.52. The number of carbonyl (C=O) groups is 1. The second kappa shape index (κ2) is 8.81. The Balaban J connectivity index is 1.82. The quantitative estimate of drug-likeness (QED) is 0.557. The number of thiophene rings is 1. The molecule has 2 rings (SSSR count). The van der Waals surface area contributed by atoms with Crippen LogP contribution in [0.1, 0.15) is 66.6 Å². The molecule has 0 bridgehead atoms. The fourth-order valence-corrected chi connectivity index (χ4v) is 4.48. The van der Waals surface area contributed by atoms with E-state index >= 15 is 0 Å². The van der Waals surface area contributed by atoms with E-state index in [4.69, 9.17) is 12.2 Å². The molecule has 1 aliphatic rings. The summed E-state index contributed by atoms with van der Waals surface area (Å²) >= 11 is 6.87. The molecular weight excluding hydrogens is 338 g/mol. The molecule has 0 spiro atoms. The van der Waals surface area contributed by atoms with Crippen molar-refractivity contribution >= 4 is 34.6 Å². The van der Waals surface area contributed by atoms with E-state index in [9.17, 15) is 4.79 Å². The largest absolute Gasteiger partial charge is 0.358 e. The minimum atomic E-state index is -0.125. The van der Waals surface area contributed by atoms with E-state index in [2.05, 4.69) is 43.9 Å². The van der Waals surface area contributed by atoms with Gasteiger partial charge >= 0.3 is 0 Å². The van der Waals surface area contributed by atoms with Gasteiger partial charge in [-0.15, -0.1) is 11.3 Å². The summed E-state index contributed by atoms with van der Waals surface area (Å²) < 4.78 is 0. The van der Waals surface area contributed by atoms with E-state index in [0.29, 0.717) is 23.0 Å². The predicted octanol–water partition coefficient (Wildman–Crippen LogP) is 3.94. The van der Waals surface area contributed by atoms with Gasteiger partial charge in [-0.2, -0.15) is 0 Å². The Morgan fingerprint density at radius 1 is 1.33 bits per heavy atom. The van der Waals surface area contributed by atoms with Gasteiger partial charge in [0.15, 0.2) is 5.11 Å². The summed E-state index contributed by atoms with van der Waals surface area (Å²) in [6.45, 7) is 8.78. The number of aryl methyl sites for hydroxylation is 2. The summed E-state index contributed by atoms with van der Waals surface area (Å²) in [6.07, 6.45) is 5.75. The molecule has 6 heteroatoms. The second-order valence-electron chi connectivity index (χ2n) is 6.87. The van der Waals surface area contributed by atoms with Gasteiger partial charge in [0.25, 0.3) is 5.91 Å². The van der Waals surface area contributed by atoms with E-state index in [1.54, 1.807) is 0 Å². The van der Waals surface area contributed by atoms with Crippen LogP contribution in [-0.4, -0.2) is 17.1 Å². The second-order valence-corrected chi connectivity index (χ2v) is 8.53. The van der Waals surface area contributed by atoms with E-state index < -0.39 is 0 Å². The Labute approximate surface area is 154 Å². The van der Waals surface area contributed by atoms with Crippen LogP contribution in [0.5, 0.6) is 0 Å². The molecule has 134 valence electrons. The summed E-state index contributed by atoms with van der Waals surface area (Å²) in [5.41, 5.74) is 6.83. The first-order valence-corrected chi connectivity index (χ1v) is 10.1. The van der Waals surface area contributed by atoms with Crippen molar-refractivity contribution in [2.75, 3.05) is 0 Å². The van der Waals surface area contributed by atoms with E-state index in [0.717, 1.165) is 24.1 Å². The Bertz CT molecular complexity index is 585. The van der Waals surface area contributed by atoms with Gasteiger partial charge in [-0.1, -0.05) is 40.0 Å². The molecule has 1 amide bonds. The Hall–Kier alpha value is -1.14. The maximum absolute atomic E-state index is 12.3. The maximum atomic E-state index is 12.3. The molecule has 0 aliphatic heterocycles. The minimum absolute atomic E-state index is 0.125. The molecule has 0 aromatic carbocycles. The molecule has 3 atom stereocenters. The summed E-state index contributed by atoms with van der Waals surface area (Å²) in [5, 5.41) is 3.85. The number of rotatable bonds is 4. The maximum Gasteiger partial charge on any atom is 0.279 e. The van der Waals surface area contributed by atoms with Gasteiger partial charge in [0.2, 0.25) is 0 Å². The lowest BCUT2D eigenvalue weighted by Gasteiger charge is -2.35. The van der Waals surface area contributed by atoms with Crippen LogP contribution in [0, 0.1) is 18.8 Å². The molecule has 1 aliphatic carbocycles. The fraction of sp³-hybridized carbons (Fsp3) is 0.667. The fourth-order valence-electron chi connectivity index (χ4n) is 3.31. The highest BCUT2D eigenvalue weighted by atomic mass is 32.1. The van der Waals surface area contributed by atoms with Crippen molar-refractivity contribution in [1.82, 2.24) is 16.2 Å². The number of hydrogen-bond donors (Lipinski definition) is 3. The molecule has 1 aromatic rings. The van der Waals surface area contributed by atoms with E-state index in [1.165, 1.54) is 34.6 Å².